The molecule has 0 saturated carbocycles. The molecule has 5 nitrogen and oxygen atoms in total. The Hall–Kier alpha value is -3.18. The van der Waals surface area contributed by atoms with Crippen molar-refractivity contribution in [2.75, 3.05) is 19.8 Å². The quantitative estimate of drug-likeness (QED) is 0.0346. The highest BCUT2D eigenvalue weighted by Gasteiger charge is 2.17. The number of ether oxygens (including phenoxy) is 3. The molecule has 0 aromatic heterocycles. The summed E-state index contributed by atoms with van der Waals surface area (Å²) in [5, 5.41) is 0. The summed E-state index contributed by atoms with van der Waals surface area (Å²) in [4.78, 5) is 25.5. The van der Waals surface area contributed by atoms with Crippen molar-refractivity contribution in [2.24, 2.45) is 0 Å². The maximum Gasteiger partial charge on any atom is 0.306 e. The summed E-state index contributed by atoms with van der Waals surface area (Å²) >= 11 is 0. The van der Waals surface area contributed by atoms with Crippen molar-refractivity contribution in [1.82, 2.24) is 0 Å². The molecule has 0 bridgehead atoms. The summed E-state index contributed by atoms with van der Waals surface area (Å²) < 4.78 is 17.4. The monoisotopic (exact) mass is 917 g/mol. The second-order valence-corrected chi connectivity index (χ2v) is 18.1. The van der Waals surface area contributed by atoms with Gasteiger partial charge in [0.1, 0.15) is 6.61 Å². The lowest BCUT2D eigenvalue weighted by Crippen LogP contribution is -2.30. The first kappa shape index (κ1) is 62.8. The van der Waals surface area contributed by atoms with Gasteiger partial charge in [-0.1, -0.05) is 214 Å². The van der Waals surface area contributed by atoms with Gasteiger partial charge in [0.05, 0.1) is 6.61 Å². The van der Waals surface area contributed by atoms with Crippen molar-refractivity contribution >= 4 is 11.9 Å². The van der Waals surface area contributed by atoms with E-state index in [4.69, 9.17) is 14.2 Å². The maximum atomic E-state index is 12.8. The molecule has 0 rings (SSSR count). The molecule has 378 valence electrons. The van der Waals surface area contributed by atoms with Gasteiger partial charge in [0.15, 0.2) is 6.10 Å². The summed E-state index contributed by atoms with van der Waals surface area (Å²) in [6.07, 6.45) is 75.6. The van der Waals surface area contributed by atoms with Crippen LogP contribution in [0, 0.1) is 0 Å². The van der Waals surface area contributed by atoms with E-state index in [9.17, 15) is 9.59 Å². The number of hydrogen-bond donors (Lipinski definition) is 0. The Balaban J connectivity index is 4.34. The zero-order chi connectivity index (χ0) is 47.7. The van der Waals surface area contributed by atoms with E-state index >= 15 is 0 Å². The van der Waals surface area contributed by atoms with Gasteiger partial charge in [0.25, 0.3) is 0 Å². The molecule has 0 spiro atoms. The molecule has 1 atom stereocenters. The fraction of sp³-hybridized carbons (Fsp3) is 0.705. The topological polar surface area (TPSA) is 61.8 Å². The predicted molar refractivity (Wildman–Crippen MR) is 288 cm³/mol. The Kier molecular flexibility index (Phi) is 53.4. The molecule has 0 aliphatic carbocycles. The molecule has 0 fully saturated rings. The summed E-state index contributed by atoms with van der Waals surface area (Å²) in [5.41, 5.74) is 0. The number of hydrogen-bond acceptors (Lipinski definition) is 5. The van der Waals surface area contributed by atoms with Crippen LogP contribution < -0.4 is 0 Å². The molecule has 0 aromatic carbocycles. The standard InChI is InChI=1S/C61H104O5/c1-4-7-10-13-16-19-22-25-28-29-30-31-32-35-38-41-44-47-50-53-56-64-57-59(66-61(63)55-52-49-46-43-40-37-34-27-24-21-18-15-12-9-6-3)58-65-60(62)54-51-48-45-42-39-36-33-26-23-20-17-14-11-8-5-2/h8,11,16-21,25-28,30-31,33-34,59H,4-7,9-10,12-15,22-24,29,32,35-58H2,1-3H3/b11-8-,19-16-,20-17-,21-18-,28-25-,31-30-,33-26-,34-27-. The Morgan fingerprint density at radius 3 is 1.09 bits per heavy atom. The van der Waals surface area contributed by atoms with E-state index in [1.165, 1.54) is 116 Å². The third kappa shape index (κ3) is 53.4. The zero-order valence-corrected chi connectivity index (χ0v) is 43.4. The SMILES string of the molecule is CC/C=C\C/C=C\C/C=C\CCCCCCCC(=O)OCC(COCCCCCCCCC/C=C\C/C=C\C/C=C\CCCCC)OC(=O)CCCCCCC/C=C\C/C=C\CCCCC. The molecular weight excluding hydrogens is 813 g/mol. The second kappa shape index (κ2) is 56.1. The smallest absolute Gasteiger partial charge is 0.306 e. The highest BCUT2D eigenvalue weighted by atomic mass is 16.6. The van der Waals surface area contributed by atoms with Gasteiger partial charge in [-0.3, -0.25) is 9.59 Å². The molecule has 0 aliphatic rings. The summed E-state index contributed by atoms with van der Waals surface area (Å²) in [6.45, 7) is 7.61. The van der Waals surface area contributed by atoms with E-state index in [1.807, 2.05) is 0 Å². The van der Waals surface area contributed by atoms with Gasteiger partial charge in [0.2, 0.25) is 0 Å². The molecule has 0 amide bonds. The van der Waals surface area contributed by atoms with E-state index in [1.54, 1.807) is 0 Å². The van der Waals surface area contributed by atoms with Crippen LogP contribution in [0.2, 0.25) is 0 Å². The van der Waals surface area contributed by atoms with Crippen molar-refractivity contribution < 1.29 is 23.8 Å². The zero-order valence-electron chi connectivity index (χ0n) is 43.4. The van der Waals surface area contributed by atoms with Gasteiger partial charge in [-0.25, -0.2) is 0 Å². The normalized spacial score (nSPS) is 13.0. The molecule has 0 aliphatic heterocycles. The largest absolute Gasteiger partial charge is 0.462 e. The lowest BCUT2D eigenvalue weighted by Gasteiger charge is -2.18. The first-order valence-electron chi connectivity index (χ1n) is 27.8. The van der Waals surface area contributed by atoms with Crippen LogP contribution in [-0.4, -0.2) is 37.9 Å². The van der Waals surface area contributed by atoms with Gasteiger partial charge < -0.3 is 14.2 Å². The molecule has 0 heterocycles. The summed E-state index contributed by atoms with van der Waals surface area (Å²) in [5.74, 6) is -0.439. The summed E-state index contributed by atoms with van der Waals surface area (Å²) in [7, 11) is 0. The van der Waals surface area contributed by atoms with Crippen LogP contribution in [0.15, 0.2) is 97.2 Å². The van der Waals surface area contributed by atoms with E-state index in [-0.39, 0.29) is 25.2 Å². The van der Waals surface area contributed by atoms with Gasteiger partial charge in [-0.2, -0.15) is 0 Å². The Labute approximate surface area is 409 Å². The highest BCUT2D eigenvalue weighted by Crippen LogP contribution is 2.13. The van der Waals surface area contributed by atoms with Gasteiger partial charge >= 0.3 is 11.9 Å². The third-order valence-electron chi connectivity index (χ3n) is 11.6. The van der Waals surface area contributed by atoms with Crippen molar-refractivity contribution in [2.45, 2.75) is 258 Å². The van der Waals surface area contributed by atoms with Crippen molar-refractivity contribution in [1.29, 1.82) is 0 Å². The first-order chi connectivity index (χ1) is 32.6. The first-order valence-corrected chi connectivity index (χ1v) is 27.8. The minimum atomic E-state index is -0.562. The average Bonchev–Trinajstić information content (AvgIpc) is 3.32. The number of unbranched alkanes of at least 4 members (excludes halogenated alkanes) is 23. The van der Waals surface area contributed by atoms with Crippen molar-refractivity contribution in [3.63, 3.8) is 0 Å². The average molecular weight is 917 g/mol. The number of esters is 2. The second-order valence-electron chi connectivity index (χ2n) is 18.1. The molecule has 0 aromatic rings. The number of carbonyl (C=O) groups is 2. The minimum absolute atomic E-state index is 0.0619. The Bertz CT molecular complexity index is 1270. The van der Waals surface area contributed by atoms with Crippen LogP contribution in [0.5, 0.6) is 0 Å². The van der Waals surface area contributed by atoms with E-state index in [2.05, 4.69) is 118 Å². The number of allylic oxidation sites excluding steroid dienone is 16. The van der Waals surface area contributed by atoms with E-state index in [0.717, 1.165) is 103 Å². The maximum absolute atomic E-state index is 12.8. The number of rotatable bonds is 50. The molecule has 0 radical (unpaired) electrons. The van der Waals surface area contributed by atoms with Crippen molar-refractivity contribution in [3.8, 4) is 0 Å². The Morgan fingerprint density at radius 2 is 0.682 bits per heavy atom. The Morgan fingerprint density at radius 1 is 0.348 bits per heavy atom. The lowest BCUT2D eigenvalue weighted by atomic mass is 10.1. The number of carbonyl (C=O) groups excluding carboxylic acids is 2. The molecule has 0 saturated heterocycles. The molecular formula is C61H104O5. The molecule has 1 unspecified atom stereocenters. The van der Waals surface area contributed by atoms with Crippen molar-refractivity contribution in [3.05, 3.63) is 97.2 Å². The van der Waals surface area contributed by atoms with Crippen LogP contribution in [0.1, 0.15) is 252 Å². The predicted octanol–water partition coefficient (Wildman–Crippen LogP) is 19.0. The lowest BCUT2D eigenvalue weighted by molar-refractivity contribution is -0.163. The fourth-order valence-electron chi connectivity index (χ4n) is 7.44. The fourth-order valence-corrected chi connectivity index (χ4v) is 7.44. The molecule has 66 heavy (non-hydrogen) atoms. The minimum Gasteiger partial charge on any atom is -0.462 e. The molecule has 0 N–H and O–H groups in total. The van der Waals surface area contributed by atoms with Gasteiger partial charge in [-0.05, 0) is 122 Å². The van der Waals surface area contributed by atoms with Gasteiger partial charge in [0, 0.05) is 19.4 Å². The van der Waals surface area contributed by atoms with Crippen LogP contribution >= 0.6 is 0 Å². The van der Waals surface area contributed by atoms with Crippen LogP contribution in [0.4, 0.5) is 0 Å². The van der Waals surface area contributed by atoms with Crippen LogP contribution in [0.25, 0.3) is 0 Å². The van der Waals surface area contributed by atoms with Crippen LogP contribution in [0.3, 0.4) is 0 Å². The molecule has 5 heteroatoms. The summed E-state index contributed by atoms with van der Waals surface area (Å²) in [6, 6.07) is 0. The van der Waals surface area contributed by atoms with E-state index < -0.39 is 6.10 Å². The third-order valence-corrected chi connectivity index (χ3v) is 11.6. The highest BCUT2D eigenvalue weighted by molar-refractivity contribution is 5.70. The van der Waals surface area contributed by atoms with Crippen LogP contribution in [-0.2, 0) is 23.8 Å². The van der Waals surface area contributed by atoms with Gasteiger partial charge in [-0.15, -0.1) is 0 Å². The van der Waals surface area contributed by atoms with E-state index in [0.29, 0.717) is 19.4 Å².